The van der Waals surface area contributed by atoms with E-state index < -0.39 is 0 Å². The van der Waals surface area contributed by atoms with Gasteiger partial charge >= 0.3 is 0 Å². The van der Waals surface area contributed by atoms with Gasteiger partial charge in [0.1, 0.15) is 0 Å². The molecule has 12 heavy (non-hydrogen) atoms. The summed E-state index contributed by atoms with van der Waals surface area (Å²) in [5.74, 6) is 2.46. The van der Waals surface area contributed by atoms with Crippen LogP contribution < -0.4 is 5.32 Å². The lowest BCUT2D eigenvalue weighted by Crippen LogP contribution is -2.46. The lowest BCUT2D eigenvalue weighted by Gasteiger charge is -2.36. The molecule has 1 atom stereocenters. The highest BCUT2D eigenvalue weighted by molar-refractivity contribution is 7.99. The number of rotatable bonds is 4. The maximum absolute atomic E-state index is 5.83. The van der Waals surface area contributed by atoms with Crippen molar-refractivity contribution in [1.29, 1.82) is 0 Å². The molecule has 0 aromatic carbocycles. The Kier molecular flexibility index (Phi) is 4.40. The fourth-order valence-corrected chi connectivity index (χ4v) is 2.95. The maximum atomic E-state index is 5.83. The molecule has 2 nitrogen and oxygen atoms in total. The van der Waals surface area contributed by atoms with Crippen LogP contribution in [0.3, 0.4) is 0 Å². The third kappa shape index (κ3) is 2.64. The Labute approximate surface area is 79.4 Å². The molecule has 0 saturated carbocycles. The molecule has 1 fully saturated rings. The Morgan fingerprint density at radius 2 is 2.42 bits per heavy atom. The van der Waals surface area contributed by atoms with Crippen molar-refractivity contribution >= 4 is 11.8 Å². The molecule has 72 valence electrons. The zero-order valence-corrected chi connectivity index (χ0v) is 8.88. The van der Waals surface area contributed by atoms with Crippen molar-refractivity contribution in [2.45, 2.75) is 25.4 Å². The summed E-state index contributed by atoms with van der Waals surface area (Å²) in [6.07, 6.45) is 2.51. The van der Waals surface area contributed by atoms with Crippen molar-refractivity contribution in [3.63, 3.8) is 0 Å². The second-order valence-corrected chi connectivity index (χ2v) is 4.41. The zero-order chi connectivity index (χ0) is 8.86. The molecule has 0 aromatic heterocycles. The first-order valence-corrected chi connectivity index (χ1v) is 5.85. The number of thioether (sulfide) groups is 1. The van der Waals surface area contributed by atoms with Crippen LogP contribution >= 0.6 is 11.8 Å². The average molecular weight is 189 g/mol. The van der Waals surface area contributed by atoms with Crippen molar-refractivity contribution in [3.05, 3.63) is 0 Å². The van der Waals surface area contributed by atoms with Gasteiger partial charge in [0, 0.05) is 18.9 Å². The van der Waals surface area contributed by atoms with Gasteiger partial charge in [-0.25, -0.2) is 0 Å². The van der Waals surface area contributed by atoms with Gasteiger partial charge in [-0.2, -0.15) is 11.8 Å². The van der Waals surface area contributed by atoms with Gasteiger partial charge in [-0.05, 0) is 32.6 Å². The summed E-state index contributed by atoms with van der Waals surface area (Å²) in [5, 5.41) is 3.22. The van der Waals surface area contributed by atoms with E-state index in [4.69, 9.17) is 4.74 Å². The highest BCUT2D eigenvalue weighted by Gasteiger charge is 2.31. The predicted octanol–water partition coefficient (Wildman–Crippen LogP) is 1.51. The van der Waals surface area contributed by atoms with Gasteiger partial charge in [0.2, 0.25) is 0 Å². The third-order valence-electron chi connectivity index (χ3n) is 2.24. The van der Waals surface area contributed by atoms with Gasteiger partial charge in [0.25, 0.3) is 0 Å². The molecule has 1 heterocycles. The van der Waals surface area contributed by atoms with Crippen molar-refractivity contribution in [2.24, 2.45) is 0 Å². The molecule has 3 heteroatoms. The van der Waals surface area contributed by atoms with Crippen LogP contribution in [0.5, 0.6) is 0 Å². The Balaban J connectivity index is 2.44. The molecule has 0 aromatic rings. The lowest BCUT2D eigenvalue weighted by molar-refractivity contribution is -0.0268. The van der Waals surface area contributed by atoms with E-state index in [0.29, 0.717) is 0 Å². The van der Waals surface area contributed by atoms with E-state index in [9.17, 15) is 0 Å². The van der Waals surface area contributed by atoms with E-state index in [1.807, 2.05) is 18.8 Å². The SMILES string of the molecule is CCOC1(CNC)CCCSC1. The highest BCUT2D eigenvalue weighted by Crippen LogP contribution is 2.29. The predicted molar refractivity (Wildman–Crippen MR) is 54.8 cm³/mol. The number of hydrogen-bond acceptors (Lipinski definition) is 3. The molecule has 1 saturated heterocycles. The minimum atomic E-state index is 0.131. The number of likely N-dealkylation sites (N-methyl/N-ethyl adjacent to an activating group) is 1. The Bertz CT molecular complexity index is 108. The molecule has 0 spiro atoms. The van der Waals surface area contributed by atoms with Gasteiger partial charge in [-0.3, -0.25) is 0 Å². The largest absolute Gasteiger partial charge is 0.373 e. The molecule has 1 rings (SSSR count). The van der Waals surface area contributed by atoms with Crippen LogP contribution in [-0.2, 0) is 4.74 Å². The van der Waals surface area contributed by atoms with Crippen LogP contribution in [0.25, 0.3) is 0 Å². The van der Waals surface area contributed by atoms with E-state index in [1.54, 1.807) is 0 Å². The standard InChI is InChI=1S/C9H19NOS/c1-3-11-9(7-10-2)5-4-6-12-8-9/h10H,3-8H2,1-2H3. The Hall–Kier alpha value is 0.270. The Morgan fingerprint density at radius 1 is 1.58 bits per heavy atom. The number of hydrogen-bond donors (Lipinski definition) is 1. The van der Waals surface area contributed by atoms with Crippen LogP contribution in [0.15, 0.2) is 0 Å². The fourth-order valence-electron chi connectivity index (χ4n) is 1.76. The topological polar surface area (TPSA) is 21.3 Å². The fraction of sp³-hybridized carbons (Fsp3) is 1.00. The molecule has 1 N–H and O–H groups in total. The minimum absolute atomic E-state index is 0.131. The monoisotopic (exact) mass is 189 g/mol. The van der Waals surface area contributed by atoms with Crippen molar-refractivity contribution in [3.8, 4) is 0 Å². The van der Waals surface area contributed by atoms with Crippen LogP contribution in [0, 0.1) is 0 Å². The minimum Gasteiger partial charge on any atom is -0.373 e. The van der Waals surface area contributed by atoms with Crippen LogP contribution in [0.4, 0.5) is 0 Å². The summed E-state index contributed by atoms with van der Waals surface area (Å²) in [7, 11) is 2.00. The number of nitrogens with one attached hydrogen (secondary N) is 1. The normalized spacial score (nSPS) is 30.5. The van der Waals surface area contributed by atoms with E-state index in [0.717, 1.165) is 18.9 Å². The third-order valence-corrected chi connectivity index (χ3v) is 3.54. The van der Waals surface area contributed by atoms with Gasteiger partial charge in [0.15, 0.2) is 0 Å². The molecular weight excluding hydrogens is 170 g/mol. The number of ether oxygens (including phenoxy) is 1. The summed E-state index contributed by atoms with van der Waals surface area (Å²) >= 11 is 2.02. The van der Waals surface area contributed by atoms with Crippen LogP contribution in [-0.4, -0.2) is 37.3 Å². The summed E-state index contributed by atoms with van der Waals surface area (Å²) in [4.78, 5) is 0. The summed E-state index contributed by atoms with van der Waals surface area (Å²) in [6, 6.07) is 0. The van der Waals surface area contributed by atoms with Crippen molar-refractivity contribution in [2.75, 3.05) is 31.7 Å². The molecule has 1 unspecified atom stereocenters. The first-order chi connectivity index (χ1) is 5.83. The van der Waals surface area contributed by atoms with E-state index >= 15 is 0 Å². The first-order valence-electron chi connectivity index (χ1n) is 4.69. The quantitative estimate of drug-likeness (QED) is 0.724. The Morgan fingerprint density at radius 3 is 2.92 bits per heavy atom. The first kappa shape index (κ1) is 10.4. The average Bonchev–Trinajstić information content (AvgIpc) is 2.07. The molecule has 0 amide bonds. The summed E-state index contributed by atoms with van der Waals surface area (Å²) < 4.78 is 5.83. The smallest absolute Gasteiger partial charge is 0.0896 e. The van der Waals surface area contributed by atoms with Gasteiger partial charge < -0.3 is 10.1 Å². The molecule has 0 radical (unpaired) electrons. The van der Waals surface area contributed by atoms with Crippen molar-refractivity contribution < 1.29 is 4.74 Å². The maximum Gasteiger partial charge on any atom is 0.0896 e. The lowest BCUT2D eigenvalue weighted by atomic mass is 9.99. The van der Waals surface area contributed by atoms with Crippen LogP contribution in [0.1, 0.15) is 19.8 Å². The van der Waals surface area contributed by atoms with Gasteiger partial charge in [0.05, 0.1) is 5.60 Å². The van der Waals surface area contributed by atoms with Crippen molar-refractivity contribution in [1.82, 2.24) is 5.32 Å². The highest BCUT2D eigenvalue weighted by atomic mass is 32.2. The van der Waals surface area contributed by atoms with E-state index in [-0.39, 0.29) is 5.60 Å². The van der Waals surface area contributed by atoms with E-state index in [2.05, 4.69) is 12.2 Å². The molecule has 1 aliphatic rings. The van der Waals surface area contributed by atoms with Crippen LogP contribution in [0.2, 0.25) is 0 Å². The van der Waals surface area contributed by atoms with E-state index in [1.165, 1.54) is 18.6 Å². The molecule has 0 bridgehead atoms. The zero-order valence-electron chi connectivity index (χ0n) is 8.06. The molecule has 0 aliphatic carbocycles. The second-order valence-electron chi connectivity index (χ2n) is 3.30. The summed E-state index contributed by atoms with van der Waals surface area (Å²) in [5.41, 5.74) is 0.131. The molecular formula is C9H19NOS. The van der Waals surface area contributed by atoms with Gasteiger partial charge in [-0.1, -0.05) is 0 Å². The van der Waals surface area contributed by atoms with Gasteiger partial charge in [-0.15, -0.1) is 0 Å². The summed E-state index contributed by atoms with van der Waals surface area (Å²) in [6.45, 7) is 3.91. The molecule has 1 aliphatic heterocycles. The second kappa shape index (κ2) is 5.10.